The van der Waals surface area contributed by atoms with E-state index in [-0.39, 0.29) is 40.1 Å². The third-order valence-corrected chi connectivity index (χ3v) is 7.04. The summed E-state index contributed by atoms with van der Waals surface area (Å²) < 4.78 is 63.0. The first-order chi connectivity index (χ1) is 20.1. The molecule has 3 aromatic carbocycles. The summed E-state index contributed by atoms with van der Waals surface area (Å²) in [4.78, 5) is 29.2. The molecule has 9 nitrogen and oxygen atoms in total. The molecule has 1 aliphatic rings. The molecule has 0 aliphatic carbocycles. The van der Waals surface area contributed by atoms with Gasteiger partial charge in [0.25, 0.3) is 5.76 Å². The van der Waals surface area contributed by atoms with Gasteiger partial charge >= 0.3 is 12.1 Å². The van der Waals surface area contributed by atoms with E-state index in [2.05, 4.69) is 9.64 Å². The Labute approximate surface area is 238 Å². The summed E-state index contributed by atoms with van der Waals surface area (Å²) in [6.45, 7) is 2.46. The van der Waals surface area contributed by atoms with Crippen LogP contribution in [-0.2, 0) is 17.5 Å². The maximum atomic E-state index is 14.2. The van der Waals surface area contributed by atoms with Crippen LogP contribution in [0.4, 0.5) is 18.9 Å². The number of aromatic hydroxyl groups is 1. The van der Waals surface area contributed by atoms with Crippen LogP contribution in [0.1, 0.15) is 21.7 Å². The highest BCUT2D eigenvalue weighted by molar-refractivity contribution is 5.89. The van der Waals surface area contributed by atoms with Gasteiger partial charge in [0.15, 0.2) is 0 Å². The Morgan fingerprint density at radius 1 is 0.929 bits per heavy atom. The second kappa shape index (κ2) is 11.6. The SMILES string of the molecule is COC(=O)c1ccc(Oc2c(C(F)(F)F)oc3c(CN4CCN(c5ccc(OC)cc5)CC4)c(O)ccc3c2=O)cc1. The van der Waals surface area contributed by atoms with Crippen LogP contribution in [0.25, 0.3) is 11.0 Å². The van der Waals surface area contributed by atoms with Gasteiger partial charge in [0.2, 0.25) is 11.2 Å². The molecule has 1 aromatic heterocycles. The predicted molar refractivity (Wildman–Crippen MR) is 147 cm³/mol. The number of nitrogens with zero attached hydrogens (tertiary/aromatic N) is 2. The molecule has 1 aliphatic heterocycles. The van der Waals surface area contributed by atoms with Crippen molar-refractivity contribution in [2.75, 3.05) is 45.3 Å². The van der Waals surface area contributed by atoms with Crippen LogP contribution in [-0.4, -0.2) is 56.4 Å². The second-order valence-electron chi connectivity index (χ2n) is 9.61. The zero-order valence-corrected chi connectivity index (χ0v) is 22.7. The van der Waals surface area contributed by atoms with E-state index in [1.165, 1.54) is 43.5 Å². The van der Waals surface area contributed by atoms with Crippen LogP contribution in [0.2, 0.25) is 0 Å². The number of phenolic OH excluding ortho intramolecular Hbond substituents is 1. The van der Waals surface area contributed by atoms with Gasteiger partial charge in [-0.3, -0.25) is 9.69 Å². The van der Waals surface area contributed by atoms with Crippen LogP contribution in [0.5, 0.6) is 23.0 Å². The number of carbonyl (C=O) groups is 1. The Morgan fingerprint density at radius 2 is 1.57 bits per heavy atom. The van der Waals surface area contributed by atoms with Crippen molar-refractivity contribution in [3.63, 3.8) is 0 Å². The lowest BCUT2D eigenvalue weighted by Crippen LogP contribution is -2.46. The van der Waals surface area contributed by atoms with Crippen molar-refractivity contribution >= 4 is 22.6 Å². The number of ether oxygens (including phenoxy) is 3. The second-order valence-corrected chi connectivity index (χ2v) is 9.61. The summed E-state index contributed by atoms with van der Waals surface area (Å²) in [5.41, 5.74) is -0.181. The Morgan fingerprint density at radius 3 is 2.17 bits per heavy atom. The maximum Gasteiger partial charge on any atom is 0.453 e. The highest BCUT2D eigenvalue weighted by Crippen LogP contribution is 2.40. The predicted octanol–water partition coefficient (Wildman–Crippen LogP) is 5.43. The molecular weight excluding hydrogens is 557 g/mol. The van der Waals surface area contributed by atoms with Crippen LogP contribution in [0, 0.1) is 0 Å². The molecule has 1 fully saturated rings. The van der Waals surface area contributed by atoms with Gasteiger partial charge in [-0.15, -0.1) is 0 Å². The number of methoxy groups -OCH3 is 2. The van der Waals surface area contributed by atoms with E-state index < -0.39 is 29.1 Å². The highest BCUT2D eigenvalue weighted by Gasteiger charge is 2.41. The van der Waals surface area contributed by atoms with Crippen molar-refractivity contribution in [3.8, 4) is 23.0 Å². The summed E-state index contributed by atoms with van der Waals surface area (Å²) >= 11 is 0. The van der Waals surface area contributed by atoms with Crippen molar-refractivity contribution in [1.82, 2.24) is 4.90 Å². The molecule has 0 amide bonds. The van der Waals surface area contributed by atoms with Gasteiger partial charge in [-0.1, -0.05) is 0 Å². The average molecular weight is 585 g/mol. The monoisotopic (exact) mass is 584 g/mol. The number of piperazine rings is 1. The molecule has 42 heavy (non-hydrogen) atoms. The summed E-state index contributed by atoms with van der Waals surface area (Å²) in [5, 5.41) is 10.5. The number of halogens is 3. The van der Waals surface area contributed by atoms with Crippen LogP contribution in [0.15, 0.2) is 69.9 Å². The number of alkyl halides is 3. The summed E-state index contributed by atoms with van der Waals surface area (Å²) in [6.07, 6.45) is -5.08. The Bertz CT molecular complexity index is 1640. The lowest BCUT2D eigenvalue weighted by Gasteiger charge is -2.36. The van der Waals surface area contributed by atoms with Gasteiger partial charge < -0.3 is 28.6 Å². The number of carbonyl (C=O) groups excluding carboxylic acids is 1. The fourth-order valence-corrected chi connectivity index (χ4v) is 4.79. The van der Waals surface area contributed by atoms with Crippen molar-refractivity contribution in [2.24, 2.45) is 0 Å². The molecule has 0 spiro atoms. The maximum absolute atomic E-state index is 14.2. The van der Waals surface area contributed by atoms with Gasteiger partial charge in [-0.05, 0) is 60.7 Å². The van der Waals surface area contributed by atoms with E-state index in [0.717, 1.165) is 11.4 Å². The van der Waals surface area contributed by atoms with Gasteiger partial charge in [0.1, 0.15) is 22.8 Å². The fraction of sp³-hybridized carbons (Fsp3) is 0.267. The number of esters is 1. The van der Waals surface area contributed by atoms with Gasteiger partial charge in [0.05, 0.1) is 30.7 Å². The number of fused-ring (bicyclic) bond motifs is 1. The molecule has 0 saturated carbocycles. The molecule has 0 unspecified atom stereocenters. The summed E-state index contributed by atoms with van der Waals surface area (Å²) in [5.74, 6) is -2.98. The normalized spacial score (nSPS) is 14.2. The molecule has 0 bridgehead atoms. The molecule has 220 valence electrons. The third-order valence-electron chi connectivity index (χ3n) is 7.04. The Kier molecular flexibility index (Phi) is 7.99. The number of anilines is 1. The smallest absolute Gasteiger partial charge is 0.453 e. The first-order valence-electron chi connectivity index (χ1n) is 13.0. The first-order valence-corrected chi connectivity index (χ1v) is 13.0. The van der Waals surface area contributed by atoms with Gasteiger partial charge in [-0.25, -0.2) is 4.79 Å². The summed E-state index contributed by atoms with van der Waals surface area (Å²) in [6, 6.07) is 15.2. The van der Waals surface area contributed by atoms with E-state index in [9.17, 15) is 27.9 Å². The Balaban J connectivity index is 1.43. The third kappa shape index (κ3) is 5.84. The zero-order valence-electron chi connectivity index (χ0n) is 22.7. The van der Waals surface area contributed by atoms with Crippen LogP contribution >= 0.6 is 0 Å². The van der Waals surface area contributed by atoms with E-state index >= 15 is 0 Å². The molecule has 1 saturated heterocycles. The standard InChI is InChI=1S/C30H27F3N2O7/c1-39-20-9-5-19(6-10-20)35-15-13-34(14-16-35)17-23-24(36)12-11-22-25(37)27(28(30(31,32)33)42-26(22)23)41-21-7-3-18(4-8-21)29(38)40-2/h3-12,36H,13-17H2,1-2H3. The number of phenols is 1. The number of hydrogen-bond donors (Lipinski definition) is 1. The molecule has 0 radical (unpaired) electrons. The van der Waals surface area contributed by atoms with E-state index in [1.807, 2.05) is 29.2 Å². The van der Waals surface area contributed by atoms with Crippen molar-refractivity contribution in [1.29, 1.82) is 0 Å². The topological polar surface area (TPSA) is 102 Å². The first kappa shape index (κ1) is 28.8. The van der Waals surface area contributed by atoms with Crippen molar-refractivity contribution in [2.45, 2.75) is 12.7 Å². The zero-order chi connectivity index (χ0) is 30.0. The van der Waals surface area contributed by atoms with Crippen LogP contribution in [0.3, 0.4) is 0 Å². The highest BCUT2D eigenvalue weighted by atomic mass is 19.4. The largest absolute Gasteiger partial charge is 0.507 e. The minimum Gasteiger partial charge on any atom is -0.507 e. The van der Waals surface area contributed by atoms with Crippen LogP contribution < -0.4 is 19.8 Å². The molecule has 5 rings (SSSR count). The number of hydrogen-bond acceptors (Lipinski definition) is 9. The van der Waals surface area contributed by atoms with Crippen molar-refractivity contribution in [3.05, 3.63) is 87.8 Å². The fourth-order valence-electron chi connectivity index (χ4n) is 4.79. The quantitative estimate of drug-likeness (QED) is 0.285. The van der Waals surface area contributed by atoms with E-state index in [1.54, 1.807) is 7.11 Å². The average Bonchev–Trinajstić information content (AvgIpc) is 2.99. The van der Waals surface area contributed by atoms with Crippen molar-refractivity contribution < 1.29 is 41.7 Å². The molecule has 12 heteroatoms. The Hall–Kier alpha value is -4.71. The van der Waals surface area contributed by atoms with E-state index in [4.69, 9.17) is 13.9 Å². The molecular formula is C30H27F3N2O7. The summed E-state index contributed by atoms with van der Waals surface area (Å²) in [7, 11) is 2.79. The minimum absolute atomic E-state index is 0.0645. The number of benzene rings is 3. The van der Waals surface area contributed by atoms with Gasteiger partial charge in [0, 0.05) is 38.4 Å². The van der Waals surface area contributed by atoms with Gasteiger partial charge in [-0.2, -0.15) is 13.2 Å². The number of rotatable bonds is 7. The molecule has 0 atom stereocenters. The lowest BCUT2D eigenvalue weighted by atomic mass is 10.1. The minimum atomic E-state index is -5.08. The molecule has 4 aromatic rings. The van der Waals surface area contributed by atoms with E-state index in [0.29, 0.717) is 26.2 Å². The lowest BCUT2D eigenvalue weighted by molar-refractivity contribution is -0.154. The molecule has 1 N–H and O–H groups in total. The molecule has 2 heterocycles.